The summed E-state index contributed by atoms with van der Waals surface area (Å²) in [5.41, 5.74) is 5.93. The molecule has 4 heteroatoms. The number of nitrogens with zero attached hydrogens (tertiary/aromatic N) is 3. The van der Waals surface area contributed by atoms with Gasteiger partial charge in [0.1, 0.15) is 0 Å². The number of hydrogen-bond donors (Lipinski definition) is 0. The fourth-order valence-electron chi connectivity index (χ4n) is 2.75. The van der Waals surface area contributed by atoms with Crippen LogP contribution in [0.4, 0.5) is 0 Å². The highest BCUT2D eigenvalue weighted by molar-refractivity contribution is 6.28. The number of aromatic nitrogens is 3. The Labute approximate surface area is 124 Å². The van der Waals surface area contributed by atoms with E-state index in [9.17, 15) is 0 Å². The van der Waals surface area contributed by atoms with Crippen LogP contribution in [0.5, 0.6) is 0 Å². The third-order valence-corrected chi connectivity index (χ3v) is 4.03. The van der Waals surface area contributed by atoms with Crippen molar-refractivity contribution in [3.63, 3.8) is 0 Å². The molecule has 3 rings (SSSR count). The first-order valence-corrected chi connectivity index (χ1v) is 7.63. The molecule has 0 amide bonds. The summed E-state index contributed by atoms with van der Waals surface area (Å²) in [7, 11) is 0. The second-order valence-corrected chi connectivity index (χ2v) is 5.39. The van der Waals surface area contributed by atoms with Crippen LogP contribution in [0.2, 0.25) is 0 Å². The second kappa shape index (κ2) is 6.23. The van der Waals surface area contributed by atoms with E-state index in [4.69, 9.17) is 11.6 Å². The van der Waals surface area contributed by atoms with Crippen LogP contribution in [0.1, 0.15) is 42.6 Å². The van der Waals surface area contributed by atoms with E-state index in [1.54, 1.807) is 5.54 Å². The summed E-state index contributed by atoms with van der Waals surface area (Å²) >= 11 is 6.06. The maximum Gasteiger partial charge on any atom is 0.0863 e. The van der Waals surface area contributed by atoms with Crippen molar-refractivity contribution in [1.82, 2.24) is 15.0 Å². The first kappa shape index (κ1) is 13.4. The fourth-order valence-corrected chi connectivity index (χ4v) is 2.97. The van der Waals surface area contributed by atoms with Gasteiger partial charge >= 0.3 is 0 Å². The van der Waals surface area contributed by atoms with Gasteiger partial charge in [0, 0.05) is 11.1 Å². The molecule has 104 valence electrons. The third-order valence-electron chi connectivity index (χ3n) is 3.82. The van der Waals surface area contributed by atoms with Crippen LogP contribution in [0.15, 0.2) is 35.9 Å². The van der Waals surface area contributed by atoms with Crippen LogP contribution in [0, 0.1) is 0 Å². The molecular formula is C16H18ClN3. The van der Waals surface area contributed by atoms with E-state index in [0.717, 1.165) is 29.8 Å². The summed E-state index contributed by atoms with van der Waals surface area (Å²) in [6.45, 7) is 0. The monoisotopic (exact) mass is 287 g/mol. The molecule has 0 saturated carbocycles. The zero-order valence-corrected chi connectivity index (χ0v) is 12.2. The summed E-state index contributed by atoms with van der Waals surface area (Å²) in [6, 6.07) is 10.1. The molecule has 1 heterocycles. The minimum Gasteiger partial charge on any atom is -0.216 e. The quantitative estimate of drug-likeness (QED) is 0.835. The van der Waals surface area contributed by atoms with Gasteiger partial charge < -0.3 is 0 Å². The SMILES string of the molecule is Cl/C=C(/c1ccccc1)n1nnc2c1CCCCCC2. The second-order valence-electron chi connectivity index (χ2n) is 5.17. The van der Waals surface area contributed by atoms with Crippen LogP contribution in [-0.2, 0) is 12.8 Å². The lowest BCUT2D eigenvalue weighted by Gasteiger charge is -2.13. The minimum absolute atomic E-state index is 0.904. The molecule has 0 atom stereocenters. The molecule has 1 aliphatic carbocycles. The van der Waals surface area contributed by atoms with Gasteiger partial charge in [-0.05, 0) is 25.7 Å². The number of rotatable bonds is 2. The van der Waals surface area contributed by atoms with Crippen molar-refractivity contribution < 1.29 is 0 Å². The Morgan fingerprint density at radius 3 is 2.55 bits per heavy atom. The molecule has 0 bridgehead atoms. The van der Waals surface area contributed by atoms with E-state index in [0.29, 0.717) is 0 Å². The molecule has 1 aliphatic rings. The number of halogens is 1. The number of hydrogen-bond acceptors (Lipinski definition) is 2. The van der Waals surface area contributed by atoms with E-state index in [1.807, 2.05) is 35.0 Å². The van der Waals surface area contributed by atoms with Crippen LogP contribution >= 0.6 is 11.6 Å². The standard InChI is InChI=1S/C16H18ClN3/c17-12-16(13-8-4-3-5-9-13)20-15-11-7-2-1-6-10-14(15)18-19-20/h3-5,8-9,12H,1-2,6-7,10-11H2/b16-12-. The highest BCUT2D eigenvalue weighted by Crippen LogP contribution is 2.24. The first-order valence-electron chi connectivity index (χ1n) is 7.20. The Morgan fingerprint density at radius 1 is 1.05 bits per heavy atom. The molecule has 1 aromatic carbocycles. The Bertz CT molecular complexity index is 601. The van der Waals surface area contributed by atoms with Gasteiger partial charge in [-0.1, -0.05) is 60.0 Å². The molecule has 0 radical (unpaired) electrons. The van der Waals surface area contributed by atoms with Crippen LogP contribution in [0.3, 0.4) is 0 Å². The maximum absolute atomic E-state index is 6.06. The van der Waals surface area contributed by atoms with Gasteiger partial charge in [-0.3, -0.25) is 0 Å². The zero-order chi connectivity index (χ0) is 13.8. The van der Waals surface area contributed by atoms with Gasteiger partial charge in [-0.2, -0.15) is 0 Å². The molecular weight excluding hydrogens is 270 g/mol. The van der Waals surface area contributed by atoms with Crippen molar-refractivity contribution >= 4 is 17.3 Å². The molecule has 0 spiro atoms. The number of fused-ring (bicyclic) bond motifs is 1. The maximum atomic E-state index is 6.06. The van der Waals surface area contributed by atoms with Crippen molar-refractivity contribution in [1.29, 1.82) is 0 Å². The third kappa shape index (κ3) is 2.63. The normalized spacial score (nSPS) is 16.4. The van der Waals surface area contributed by atoms with Gasteiger partial charge in [0.25, 0.3) is 0 Å². The predicted molar refractivity (Wildman–Crippen MR) is 81.6 cm³/mol. The summed E-state index contributed by atoms with van der Waals surface area (Å²) < 4.78 is 1.92. The minimum atomic E-state index is 0.904. The molecule has 3 nitrogen and oxygen atoms in total. The Hall–Kier alpha value is -1.61. The van der Waals surface area contributed by atoms with Crippen molar-refractivity contribution in [2.24, 2.45) is 0 Å². The van der Waals surface area contributed by atoms with Gasteiger partial charge in [0.05, 0.1) is 17.1 Å². The van der Waals surface area contributed by atoms with E-state index in [1.165, 1.54) is 31.4 Å². The summed E-state index contributed by atoms with van der Waals surface area (Å²) in [4.78, 5) is 0. The lowest BCUT2D eigenvalue weighted by atomic mass is 10.0. The van der Waals surface area contributed by atoms with Crippen LogP contribution < -0.4 is 0 Å². The molecule has 0 N–H and O–H groups in total. The molecule has 0 unspecified atom stereocenters. The highest BCUT2D eigenvalue weighted by Gasteiger charge is 2.17. The largest absolute Gasteiger partial charge is 0.216 e. The molecule has 0 saturated heterocycles. The first-order chi connectivity index (χ1) is 9.90. The van der Waals surface area contributed by atoms with Crippen molar-refractivity contribution in [2.45, 2.75) is 38.5 Å². The fraction of sp³-hybridized carbons (Fsp3) is 0.375. The summed E-state index contributed by atoms with van der Waals surface area (Å²) in [5, 5.41) is 8.71. The average Bonchev–Trinajstić information content (AvgIpc) is 2.83. The predicted octanol–water partition coefficient (Wildman–Crippen LogP) is 4.02. The topological polar surface area (TPSA) is 30.7 Å². The number of aryl methyl sites for hydroxylation is 1. The van der Waals surface area contributed by atoms with Crippen LogP contribution in [-0.4, -0.2) is 15.0 Å². The van der Waals surface area contributed by atoms with E-state index in [-0.39, 0.29) is 0 Å². The zero-order valence-electron chi connectivity index (χ0n) is 11.4. The van der Waals surface area contributed by atoms with Gasteiger partial charge in [0.2, 0.25) is 0 Å². The van der Waals surface area contributed by atoms with E-state index >= 15 is 0 Å². The molecule has 0 fully saturated rings. The van der Waals surface area contributed by atoms with Crippen molar-refractivity contribution in [2.75, 3.05) is 0 Å². The lowest BCUT2D eigenvalue weighted by molar-refractivity contribution is 0.603. The van der Waals surface area contributed by atoms with E-state index in [2.05, 4.69) is 10.3 Å². The smallest absolute Gasteiger partial charge is 0.0863 e. The summed E-state index contributed by atoms with van der Waals surface area (Å²) in [6.07, 6.45) is 7.05. The van der Waals surface area contributed by atoms with E-state index < -0.39 is 0 Å². The van der Waals surface area contributed by atoms with Crippen molar-refractivity contribution in [3.8, 4) is 0 Å². The lowest BCUT2D eigenvalue weighted by Crippen LogP contribution is -2.08. The molecule has 2 aromatic rings. The number of benzene rings is 1. The Balaban J connectivity index is 2.01. The average molecular weight is 288 g/mol. The van der Waals surface area contributed by atoms with Crippen molar-refractivity contribution in [3.05, 3.63) is 52.8 Å². The molecule has 0 aliphatic heterocycles. The molecule has 20 heavy (non-hydrogen) atoms. The highest BCUT2D eigenvalue weighted by atomic mass is 35.5. The van der Waals surface area contributed by atoms with Gasteiger partial charge in [-0.15, -0.1) is 5.10 Å². The van der Waals surface area contributed by atoms with Crippen LogP contribution in [0.25, 0.3) is 5.70 Å². The Morgan fingerprint density at radius 2 is 1.80 bits per heavy atom. The van der Waals surface area contributed by atoms with Gasteiger partial charge in [-0.25, -0.2) is 4.68 Å². The molecule has 1 aromatic heterocycles. The van der Waals surface area contributed by atoms with Gasteiger partial charge in [0.15, 0.2) is 0 Å². The Kier molecular flexibility index (Phi) is 4.16. The summed E-state index contributed by atoms with van der Waals surface area (Å²) in [5.74, 6) is 0.